The van der Waals surface area contributed by atoms with Crippen LogP contribution in [0.5, 0.6) is 0 Å². The van der Waals surface area contributed by atoms with Crippen LogP contribution in [0, 0.1) is 11.8 Å². The Morgan fingerprint density at radius 1 is 1.44 bits per heavy atom. The predicted octanol–water partition coefficient (Wildman–Crippen LogP) is 0.820. The average molecular weight is 245 g/mol. The lowest BCUT2D eigenvalue weighted by atomic mass is 9.98. The van der Waals surface area contributed by atoms with Gasteiger partial charge in [0.15, 0.2) is 0 Å². The molecule has 1 aromatic heterocycles. The highest BCUT2D eigenvalue weighted by Crippen LogP contribution is 2.37. The summed E-state index contributed by atoms with van der Waals surface area (Å²) in [5, 5.41) is 0. The van der Waals surface area contributed by atoms with Crippen LogP contribution in [-0.2, 0) is 11.2 Å². The van der Waals surface area contributed by atoms with E-state index in [2.05, 4.69) is 4.98 Å². The van der Waals surface area contributed by atoms with Crippen LogP contribution in [0.2, 0.25) is 0 Å². The van der Waals surface area contributed by atoms with E-state index in [0.29, 0.717) is 24.3 Å². The third-order valence-electron chi connectivity index (χ3n) is 4.34. The van der Waals surface area contributed by atoms with Gasteiger partial charge in [0.1, 0.15) is 0 Å². The first kappa shape index (κ1) is 11.7. The molecule has 0 spiro atoms. The van der Waals surface area contributed by atoms with Crippen LogP contribution >= 0.6 is 0 Å². The van der Waals surface area contributed by atoms with Crippen molar-refractivity contribution in [2.24, 2.45) is 17.6 Å². The molecule has 4 nitrogen and oxygen atoms in total. The standard InChI is InChI=1S/C14H19N3O/c15-13-4-3-11-8-17(9-12(11)13)14(18)6-10-2-1-5-16-7-10/h1-2,5,7,11-13H,3-4,6,8-9,15H2/t11-,12-,13+/m0/s1. The highest BCUT2D eigenvalue weighted by atomic mass is 16.2. The van der Waals surface area contributed by atoms with E-state index in [1.54, 1.807) is 12.4 Å². The summed E-state index contributed by atoms with van der Waals surface area (Å²) in [6.07, 6.45) is 6.26. The molecule has 96 valence electrons. The second kappa shape index (κ2) is 4.69. The van der Waals surface area contributed by atoms with E-state index in [0.717, 1.165) is 25.1 Å². The summed E-state index contributed by atoms with van der Waals surface area (Å²) in [6.45, 7) is 1.75. The van der Waals surface area contributed by atoms with E-state index >= 15 is 0 Å². The van der Waals surface area contributed by atoms with Gasteiger partial charge < -0.3 is 10.6 Å². The number of nitrogens with zero attached hydrogens (tertiary/aromatic N) is 2. The highest BCUT2D eigenvalue weighted by Gasteiger charge is 2.42. The maximum Gasteiger partial charge on any atom is 0.227 e. The normalized spacial score (nSPS) is 30.5. The number of aromatic nitrogens is 1. The van der Waals surface area contributed by atoms with Crippen molar-refractivity contribution >= 4 is 5.91 Å². The molecule has 0 aromatic carbocycles. The second-order valence-electron chi connectivity index (χ2n) is 5.50. The molecule has 0 bridgehead atoms. The van der Waals surface area contributed by atoms with Crippen LogP contribution < -0.4 is 5.73 Å². The molecule has 2 aliphatic rings. The lowest BCUT2D eigenvalue weighted by molar-refractivity contribution is -0.129. The van der Waals surface area contributed by atoms with Gasteiger partial charge in [-0.05, 0) is 36.3 Å². The number of hydrogen-bond acceptors (Lipinski definition) is 3. The Labute approximate surface area is 107 Å². The van der Waals surface area contributed by atoms with E-state index in [-0.39, 0.29) is 5.91 Å². The molecule has 2 N–H and O–H groups in total. The molecule has 1 saturated heterocycles. The van der Waals surface area contributed by atoms with Crippen molar-refractivity contribution < 1.29 is 4.79 Å². The van der Waals surface area contributed by atoms with Crippen LogP contribution in [0.1, 0.15) is 18.4 Å². The van der Waals surface area contributed by atoms with Gasteiger partial charge in [-0.2, -0.15) is 0 Å². The van der Waals surface area contributed by atoms with Crippen LogP contribution in [0.15, 0.2) is 24.5 Å². The fourth-order valence-corrected chi connectivity index (χ4v) is 3.30. The maximum absolute atomic E-state index is 12.2. The van der Waals surface area contributed by atoms with Crippen molar-refractivity contribution in [2.75, 3.05) is 13.1 Å². The first-order valence-electron chi connectivity index (χ1n) is 6.66. The number of nitrogens with two attached hydrogens (primary N) is 1. The molecule has 1 aromatic rings. The van der Waals surface area contributed by atoms with Gasteiger partial charge in [-0.25, -0.2) is 0 Å². The number of carbonyl (C=O) groups is 1. The van der Waals surface area contributed by atoms with Crippen molar-refractivity contribution in [3.63, 3.8) is 0 Å². The number of fused-ring (bicyclic) bond motifs is 1. The molecule has 1 aliphatic carbocycles. The minimum absolute atomic E-state index is 0.213. The molecular weight excluding hydrogens is 226 g/mol. The zero-order chi connectivity index (χ0) is 12.5. The first-order valence-corrected chi connectivity index (χ1v) is 6.66. The Kier molecular flexibility index (Phi) is 3.04. The Morgan fingerprint density at radius 3 is 3.06 bits per heavy atom. The zero-order valence-corrected chi connectivity index (χ0v) is 10.5. The van der Waals surface area contributed by atoms with Gasteiger partial charge in [-0.15, -0.1) is 0 Å². The van der Waals surface area contributed by atoms with Crippen LogP contribution in [0.4, 0.5) is 0 Å². The zero-order valence-electron chi connectivity index (χ0n) is 10.5. The first-order chi connectivity index (χ1) is 8.74. The smallest absolute Gasteiger partial charge is 0.227 e. The monoisotopic (exact) mass is 245 g/mol. The molecule has 2 heterocycles. The van der Waals surface area contributed by atoms with Crippen LogP contribution in [0.3, 0.4) is 0 Å². The predicted molar refractivity (Wildman–Crippen MR) is 68.7 cm³/mol. The number of pyridine rings is 1. The Hall–Kier alpha value is -1.42. The summed E-state index contributed by atoms with van der Waals surface area (Å²) in [5.41, 5.74) is 7.08. The lowest BCUT2D eigenvalue weighted by Crippen LogP contribution is -2.34. The van der Waals surface area contributed by atoms with Gasteiger partial charge in [0, 0.05) is 31.5 Å². The number of carbonyl (C=O) groups excluding carboxylic acids is 1. The van der Waals surface area contributed by atoms with E-state index in [4.69, 9.17) is 5.73 Å². The quantitative estimate of drug-likeness (QED) is 0.839. The fraction of sp³-hybridized carbons (Fsp3) is 0.571. The molecule has 0 unspecified atom stereocenters. The van der Waals surface area contributed by atoms with E-state index in [1.807, 2.05) is 17.0 Å². The summed E-state index contributed by atoms with van der Waals surface area (Å²) >= 11 is 0. The van der Waals surface area contributed by atoms with Crippen molar-refractivity contribution in [3.8, 4) is 0 Å². The van der Waals surface area contributed by atoms with Gasteiger partial charge in [0.25, 0.3) is 0 Å². The van der Waals surface area contributed by atoms with Gasteiger partial charge >= 0.3 is 0 Å². The number of likely N-dealkylation sites (tertiary alicyclic amines) is 1. The third-order valence-corrected chi connectivity index (χ3v) is 4.34. The average Bonchev–Trinajstić information content (AvgIpc) is 2.93. The Bertz CT molecular complexity index is 434. The van der Waals surface area contributed by atoms with Crippen molar-refractivity contribution in [1.82, 2.24) is 9.88 Å². The Morgan fingerprint density at radius 2 is 2.33 bits per heavy atom. The van der Waals surface area contributed by atoms with Crippen molar-refractivity contribution in [2.45, 2.75) is 25.3 Å². The molecule has 2 fully saturated rings. The molecular formula is C14H19N3O. The van der Waals surface area contributed by atoms with E-state index in [1.165, 1.54) is 6.42 Å². The Balaban J connectivity index is 1.62. The van der Waals surface area contributed by atoms with Gasteiger partial charge in [-0.3, -0.25) is 9.78 Å². The largest absolute Gasteiger partial charge is 0.342 e. The van der Waals surface area contributed by atoms with Crippen LogP contribution in [-0.4, -0.2) is 34.9 Å². The fourth-order valence-electron chi connectivity index (χ4n) is 3.30. The molecule has 3 rings (SSSR count). The summed E-state index contributed by atoms with van der Waals surface area (Å²) < 4.78 is 0. The van der Waals surface area contributed by atoms with Gasteiger partial charge in [0.05, 0.1) is 6.42 Å². The summed E-state index contributed by atoms with van der Waals surface area (Å²) in [6, 6.07) is 4.12. The molecule has 3 atom stereocenters. The third kappa shape index (κ3) is 2.12. The SMILES string of the molecule is N[C@@H]1CC[C@H]2CN(C(=O)Cc3cccnc3)C[C@@H]21. The molecule has 1 aliphatic heterocycles. The summed E-state index contributed by atoms with van der Waals surface area (Å²) in [5.74, 6) is 1.38. The van der Waals surface area contributed by atoms with Gasteiger partial charge in [0.2, 0.25) is 5.91 Å². The number of amides is 1. The lowest BCUT2D eigenvalue weighted by Gasteiger charge is -2.18. The maximum atomic E-state index is 12.2. The number of rotatable bonds is 2. The minimum atomic E-state index is 0.213. The second-order valence-corrected chi connectivity index (χ2v) is 5.50. The van der Waals surface area contributed by atoms with Crippen molar-refractivity contribution in [3.05, 3.63) is 30.1 Å². The molecule has 1 amide bonds. The topological polar surface area (TPSA) is 59.2 Å². The number of hydrogen-bond donors (Lipinski definition) is 1. The summed E-state index contributed by atoms with van der Waals surface area (Å²) in [4.78, 5) is 18.2. The van der Waals surface area contributed by atoms with Crippen LogP contribution in [0.25, 0.3) is 0 Å². The molecule has 18 heavy (non-hydrogen) atoms. The van der Waals surface area contributed by atoms with E-state index < -0.39 is 0 Å². The molecule has 1 saturated carbocycles. The highest BCUT2D eigenvalue weighted by molar-refractivity contribution is 5.79. The summed E-state index contributed by atoms with van der Waals surface area (Å²) in [7, 11) is 0. The molecule has 4 heteroatoms. The van der Waals surface area contributed by atoms with E-state index in [9.17, 15) is 4.79 Å². The minimum Gasteiger partial charge on any atom is -0.342 e. The van der Waals surface area contributed by atoms with Gasteiger partial charge in [-0.1, -0.05) is 6.07 Å². The van der Waals surface area contributed by atoms with Crippen molar-refractivity contribution in [1.29, 1.82) is 0 Å². The molecule has 0 radical (unpaired) electrons.